The molecule has 76 valence electrons. The number of rotatable bonds is 2. The van der Waals surface area contributed by atoms with Crippen molar-refractivity contribution in [2.45, 2.75) is 24.2 Å². The van der Waals surface area contributed by atoms with Gasteiger partial charge < -0.3 is 15.3 Å². The first-order chi connectivity index (χ1) is 6.46. The first-order valence-electron chi connectivity index (χ1n) is 4.39. The van der Waals surface area contributed by atoms with Crippen molar-refractivity contribution in [1.29, 1.82) is 0 Å². The van der Waals surface area contributed by atoms with Crippen molar-refractivity contribution in [1.82, 2.24) is 0 Å². The third-order valence-corrected chi connectivity index (χ3v) is 3.26. The van der Waals surface area contributed by atoms with Gasteiger partial charge in [0.25, 0.3) is 5.97 Å². The van der Waals surface area contributed by atoms with E-state index in [1.54, 1.807) is 12.1 Å². The lowest BCUT2D eigenvalue weighted by atomic mass is 9.93. The summed E-state index contributed by atoms with van der Waals surface area (Å²) in [6.07, 6.45) is 1.18. The summed E-state index contributed by atoms with van der Waals surface area (Å²) < 4.78 is 0.866. The highest BCUT2D eigenvalue weighted by Crippen LogP contribution is 2.54. The fourth-order valence-corrected chi connectivity index (χ4v) is 2.13. The van der Waals surface area contributed by atoms with Crippen molar-refractivity contribution < 1.29 is 15.3 Å². The van der Waals surface area contributed by atoms with Crippen LogP contribution in [0.3, 0.4) is 0 Å². The van der Waals surface area contributed by atoms with Crippen LogP contribution in [0.4, 0.5) is 0 Å². The van der Waals surface area contributed by atoms with E-state index in [0.717, 1.165) is 10.0 Å². The normalized spacial score (nSPS) is 19.4. The molecule has 14 heavy (non-hydrogen) atoms. The Hall–Kier alpha value is -0.420. The molecule has 0 bridgehead atoms. The fourth-order valence-electron chi connectivity index (χ4n) is 1.73. The van der Waals surface area contributed by atoms with Gasteiger partial charge in [-0.3, -0.25) is 0 Å². The summed E-state index contributed by atoms with van der Waals surface area (Å²) in [6.45, 7) is 0. The van der Waals surface area contributed by atoms with Gasteiger partial charge in [0.15, 0.2) is 0 Å². The molecular weight excluding hydrogens is 248 g/mol. The Kier molecular flexibility index (Phi) is 2.19. The van der Waals surface area contributed by atoms with E-state index < -0.39 is 11.4 Å². The number of aliphatic hydroxyl groups is 3. The van der Waals surface area contributed by atoms with Crippen LogP contribution in [-0.2, 0) is 5.41 Å². The van der Waals surface area contributed by atoms with Gasteiger partial charge in [0.2, 0.25) is 0 Å². The van der Waals surface area contributed by atoms with Crippen LogP contribution in [0.15, 0.2) is 28.7 Å². The average molecular weight is 259 g/mol. The molecule has 0 saturated heterocycles. The van der Waals surface area contributed by atoms with Gasteiger partial charge in [-0.15, -0.1) is 0 Å². The van der Waals surface area contributed by atoms with Crippen LogP contribution in [0.25, 0.3) is 0 Å². The zero-order valence-corrected chi connectivity index (χ0v) is 9.03. The lowest BCUT2D eigenvalue weighted by molar-refractivity contribution is -0.333. The maximum atomic E-state index is 9.25. The molecule has 0 unspecified atom stereocenters. The monoisotopic (exact) mass is 258 g/mol. The summed E-state index contributed by atoms with van der Waals surface area (Å²) in [5.74, 6) is -2.62. The zero-order valence-electron chi connectivity index (χ0n) is 7.44. The molecule has 0 aliphatic heterocycles. The van der Waals surface area contributed by atoms with Crippen molar-refractivity contribution in [3.05, 3.63) is 34.3 Å². The van der Waals surface area contributed by atoms with Gasteiger partial charge in [0.1, 0.15) is 0 Å². The Morgan fingerprint density at radius 1 is 1.21 bits per heavy atom. The van der Waals surface area contributed by atoms with Crippen molar-refractivity contribution >= 4 is 15.9 Å². The molecule has 0 atom stereocenters. The van der Waals surface area contributed by atoms with Crippen LogP contribution < -0.4 is 0 Å². The topological polar surface area (TPSA) is 60.7 Å². The Labute approximate surface area is 90.1 Å². The van der Waals surface area contributed by atoms with Crippen LogP contribution in [-0.4, -0.2) is 21.3 Å². The summed E-state index contributed by atoms with van der Waals surface area (Å²) in [5, 5.41) is 27.7. The molecule has 1 aromatic carbocycles. The highest BCUT2D eigenvalue weighted by Gasteiger charge is 2.59. The molecule has 1 aliphatic carbocycles. The quantitative estimate of drug-likeness (QED) is 0.697. The highest BCUT2D eigenvalue weighted by atomic mass is 79.9. The van der Waals surface area contributed by atoms with E-state index >= 15 is 0 Å². The number of halogens is 1. The summed E-state index contributed by atoms with van der Waals surface area (Å²) in [4.78, 5) is 0. The second-order valence-corrected chi connectivity index (χ2v) is 4.64. The van der Waals surface area contributed by atoms with Crippen molar-refractivity contribution in [2.75, 3.05) is 0 Å². The van der Waals surface area contributed by atoms with Gasteiger partial charge >= 0.3 is 0 Å². The molecule has 0 amide bonds. The minimum atomic E-state index is -2.62. The van der Waals surface area contributed by atoms with E-state index in [1.165, 1.54) is 0 Å². The van der Waals surface area contributed by atoms with Crippen LogP contribution >= 0.6 is 15.9 Å². The molecule has 0 spiro atoms. The molecule has 1 saturated carbocycles. The maximum absolute atomic E-state index is 9.25. The first kappa shape index (κ1) is 10.1. The fraction of sp³-hybridized carbons (Fsp3) is 0.400. The molecule has 1 aliphatic rings. The van der Waals surface area contributed by atoms with Crippen LogP contribution in [0, 0.1) is 0 Å². The van der Waals surface area contributed by atoms with Crippen molar-refractivity contribution in [3.63, 3.8) is 0 Å². The molecule has 1 fully saturated rings. The van der Waals surface area contributed by atoms with Crippen LogP contribution in [0.5, 0.6) is 0 Å². The Bertz CT molecular complexity index is 353. The Morgan fingerprint density at radius 2 is 1.86 bits per heavy atom. The van der Waals surface area contributed by atoms with E-state index in [9.17, 15) is 15.3 Å². The Balaban J connectivity index is 2.41. The number of hydrogen-bond acceptors (Lipinski definition) is 3. The second kappa shape index (κ2) is 3.03. The molecule has 3 nitrogen and oxygen atoms in total. The van der Waals surface area contributed by atoms with Gasteiger partial charge in [-0.1, -0.05) is 28.1 Å². The van der Waals surface area contributed by atoms with E-state index in [-0.39, 0.29) is 0 Å². The molecule has 2 rings (SSSR count). The van der Waals surface area contributed by atoms with E-state index in [1.807, 2.05) is 12.1 Å². The molecule has 0 radical (unpaired) electrons. The minimum Gasteiger partial charge on any atom is -0.343 e. The zero-order chi connectivity index (χ0) is 10.4. The summed E-state index contributed by atoms with van der Waals surface area (Å²) in [5.41, 5.74) is -0.143. The number of hydrogen-bond donors (Lipinski definition) is 3. The lowest BCUT2D eigenvalue weighted by Gasteiger charge is -2.26. The molecule has 3 N–H and O–H groups in total. The molecule has 4 heteroatoms. The predicted octanol–water partition coefficient (Wildman–Crippen LogP) is 1.11. The van der Waals surface area contributed by atoms with Gasteiger partial charge in [-0.25, -0.2) is 0 Å². The van der Waals surface area contributed by atoms with Gasteiger partial charge in [-0.2, -0.15) is 0 Å². The van der Waals surface area contributed by atoms with Crippen molar-refractivity contribution in [2.24, 2.45) is 0 Å². The third kappa shape index (κ3) is 1.48. The average Bonchev–Trinajstić information content (AvgIpc) is 2.82. The minimum absolute atomic E-state index is 0.590. The van der Waals surface area contributed by atoms with Crippen molar-refractivity contribution in [3.8, 4) is 0 Å². The molecular formula is C10H11BrO3. The smallest absolute Gasteiger partial charge is 0.285 e. The first-order valence-corrected chi connectivity index (χ1v) is 5.18. The Morgan fingerprint density at radius 3 is 2.29 bits per heavy atom. The van der Waals surface area contributed by atoms with E-state index in [4.69, 9.17) is 0 Å². The largest absolute Gasteiger partial charge is 0.343 e. The van der Waals surface area contributed by atoms with E-state index in [0.29, 0.717) is 12.8 Å². The SMILES string of the molecule is OC(O)(O)C1(c2cccc(Br)c2)CC1. The lowest BCUT2D eigenvalue weighted by Crippen LogP contribution is -2.42. The van der Waals surface area contributed by atoms with Crippen LogP contribution in [0.2, 0.25) is 0 Å². The predicted molar refractivity (Wildman–Crippen MR) is 54.4 cm³/mol. The van der Waals surface area contributed by atoms with Gasteiger partial charge in [0, 0.05) is 4.47 Å². The summed E-state index contributed by atoms with van der Waals surface area (Å²) in [7, 11) is 0. The number of benzene rings is 1. The van der Waals surface area contributed by atoms with Gasteiger partial charge in [0.05, 0.1) is 5.41 Å². The third-order valence-electron chi connectivity index (χ3n) is 2.77. The second-order valence-electron chi connectivity index (χ2n) is 3.73. The molecule has 0 heterocycles. The molecule has 1 aromatic rings. The standard InChI is InChI=1S/C10H11BrO3/c11-8-3-1-2-7(6-8)9(4-5-9)10(12,13)14/h1-3,6,12-14H,4-5H2. The highest BCUT2D eigenvalue weighted by molar-refractivity contribution is 9.10. The molecule has 0 aromatic heterocycles. The van der Waals surface area contributed by atoms with E-state index in [2.05, 4.69) is 15.9 Å². The maximum Gasteiger partial charge on any atom is 0.285 e. The van der Waals surface area contributed by atoms with Gasteiger partial charge in [-0.05, 0) is 30.5 Å². The summed E-state index contributed by atoms with van der Waals surface area (Å²) in [6, 6.07) is 7.25. The van der Waals surface area contributed by atoms with Crippen LogP contribution in [0.1, 0.15) is 18.4 Å². The summed E-state index contributed by atoms with van der Waals surface area (Å²) >= 11 is 3.30.